The lowest BCUT2D eigenvalue weighted by Gasteiger charge is -2.01. The molecular weight excluding hydrogens is 224 g/mol. The smallest absolute Gasteiger partial charge is 0.211 e. The number of rotatable bonds is 3. The van der Waals surface area contributed by atoms with Crippen LogP contribution in [0, 0.1) is 0 Å². The zero-order valence-electron chi connectivity index (χ0n) is 9.82. The molecule has 0 amide bonds. The molecule has 0 saturated carbocycles. The van der Waals surface area contributed by atoms with Gasteiger partial charge < -0.3 is 11.5 Å². The molecule has 0 atom stereocenters. The molecule has 0 unspecified atom stereocenters. The Morgan fingerprint density at radius 1 is 0.889 bits per heavy atom. The lowest BCUT2D eigenvalue weighted by Crippen LogP contribution is -2.21. The minimum absolute atomic E-state index is 0.0505. The molecule has 0 aliphatic rings. The summed E-state index contributed by atoms with van der Waals surface area (Å²) < 4.78 is 0. The molecule has 0 spiro atoms. The number of benzene rings is 2. The highest BCUT2D eigenvalue weighted by Crippen LogP contribution is 2.19. The van der Waals surface area contributed by atoms with Crippen LogP contribution in [-0.2, 0) is 0 Å². The topological polar surface area (TPSA) is 76.8 Å². The van der Waals surface area contributed by atoms with Crippen LogP contribution in [0.1, 0.15) is 5.56 Å². The molecule has 0 heterocycles. The fourth-order valence-electron chi connectivity index (χ4n) is 1.59. The maximum Gasteiger partial charge on any atom is 0.211 e. The summed E-state index contributed by atoms with van der Waals surface area (Å²) in [5.74, 6) is -0.0505. The van der Waals surface area contributed by atoms with Crippen LogP contribution >= 0.6 is 0 Å². The summed E-state index contributed by atoms with van der Waals surface area (Å²) >= 11 is 0. The molecule has 4 nitrogen and oxygen atoms in total. The third kappa shape index (κ3) is 3.18. The highest BCUT2D eigenvalue weighted by molar-refractivity contribution is 5.83. The Hall–Kier alpha value is -2.62. The van der Waals surface area contributed by atoms with E-state index in [9.17, 15) is 0 Å². The van der Waals surface area contributed by atoms with Gasteiger partial charge in [-0.05, 0) is 22.8 Å². The molecule has 4 heteroatoms. The molecule has 0 radical (unpaired) electrons. The van der Waals surface area contributed by atoms with Crippen molar-refractivity contribution in [3.8, 4) is 11.1 Å². The van der Waals surface area contributed by atoms with Crippen LogP contribution in [0.25, 0.3) is 11.1 Å². The number of hydrogen-bond donors (Lipinski definition) is 2. The van der Waals surface area contributed by atoms with E-state index in [-0.39, 0.29) is 5.96 Å². The summed E-state index contributed by atoms with van der Waals surface area (Å²) in [5, 5.41) is 7.35. The van der Waals surface area contributed by atoms with Crippen LogP contribution in [0.3, 0.4) is 0 Å². The van der Waals surface area contributed by atoms with Gasteiger partial charge in [-0.3, -0.25) is 0 Å². The van der Waals surface area contributed by atoms with Crippen molar-refractivity contribution in [1.29, 1.82) is 0 Å². The normalized spacial score (nSPS) is 10.4. The van der Waals surface area contributed by atoms with E-state index in [1.807, 2.05) is 42.5 Å². The number of hydrogen-bond acceptors (Lipinski definition) is 2. The van der Waals surface area contributed by atoms with E-state index < -0.39 is 0 Å². The first-order valence-electron chi connectivity index (χ1n) is 5.53. The third-order valence-corrected chi connectivity index (χ3v) is 2.37. The molecule has 2 aromatic rings. The van der Waals surface area contributed by atoms with Crippen molar-refractivity contribution in [1.82, 2.24) is 0 Å². The summed E-state index contributed by atoms with van der Waals surface area (Å²) in [5.41, 5.74) is 13.6. The molecule has 0 aliphatic heterocycles. The van der Waals surface area contributed by atoms with Gasteiger partial charge >= 0.3 is 0 Å². The zero-order valence-corrected chi connectivity index (χ0v) is 9.82. The van der Waals surface area contributed by atoms with Gasteiger partial charge in [0.05, 0.1) is 6.21 Å². The lowest BCUT2D eigenvalue weighted by atomic mass is 10.0. The monoisotopic (exact) mass is 238 g/mol. The second-order valence-electron chi connectivity index (χ2n) is 3.76. The quantitative estimate of drug-likeness (QED) is 0.487. The van der Waals surface area contributed by atoms with Gasteiger partial charge in [0.1, 0.15) is 0 Å². The highest BCUT2D eigenvalue weighted by atomic mass is 15.3. The summed E-state index contributed by atoms with van der Waals surface area (Å²) in [7, 11) is 0. The van der Waals surface area contributed by atoms with E-state index in [1.165, 1.54) is 0 Å². The van der Waals surface area contributed by atoms with Crippen LogP contribution in [0.5, 0.6) is 0 Å². The number of nitrogens with zero attached hydrogens (tertiary/aromatic N) is 2. The van der Waals surface area contributed by atoms with Crippen LogP contribution in [0.4, 0.5) is 0 Å². The van der Waals surface area contributed by atoms with Gasteiger partial charge in [-0.1, -0.05) is 48.5 Å². The molecule has 0 aromatic heterocycles. The highest BCUT2D eigenvalue weighted by Gasteiger charge is 1.96. The van der Waals surface area contributed by atoms with Crippen molar-refractivity contribution in [3.05, 3.63) is 60.2 Å². The van der Waals surface area contributed by atoms with Crippen molar-refractivity contribution in [2.75, 3.05) is 0 Å². The van der Waals surface area contributed by atoms with Gasteiger partial charge in [-0.2, -0.15) is 5.10 Å². The molecule has 18 heavy (non-hydrogen) atoms. The molecule has 90 valence electrons. The summed E-state index contributed by atoms with van der Waals surface area (Å²) in [6, 6.07) is 18.1. The Kier molecular flexibility index (Phi) is 3.71. The Morgan fingerprint density at radius 3 is 2.33 bits per heavy atom. The Morgan fingerprint density at radius 2 is 1.61 bits per heavy atom. The van der Waals surface area contributed by atoms with Gasteiger partial charge in [-0.25, -0.2) is 0 Å². The first kappa shape index (κ1) is 11.9. The first-order chi connectivity index (χ1) is 8.75. The number of nitrogens with two attached hydrogens (primary N) is 2. The SMILES string of the molecule is NC(N)=N/N=C\c1cccc(-c2ccccc2)c1. The molecule has 0 fully saturated rings. The van der Waals surface area contributed by atoms with Crippen LogP contribution in [-0.4, -0.2) is 12.2 Å². The minimum Gasteiger partial charge on any atom is -0.369 e. The Balaban J connectivity index is 2.26. The van der Waals surface area contributed by atoms with Crippen molar-refractivity contribution >= 4 is 12.2 Å². The van der Waals surface area contributed by atoms with Crippen molar-refractivity contribution in [2.45, 2.75) is 0 Å². The first-order valence-corrected chi connectivity index (χ1v) is 5.53. The molecule has 0 aliphatic carbocycles. The molecule has 0 saturated heterocycles. The van der Waals surface area contributed by atoms with Crippen LogP contribution < -0.4 is 11.5 Å². The molecule has 2 rings (SSSR count). The predicted octanol–water partition coefficient (Wildman–Crippen LogP) is 1.96. The van der Waals surface area contributed by atoms with Gasteiger partial charge in [0, 0.05) is 0 Å². The second-order valence-corrected chi connectivity index (χ2v) is 3.76. The van der Waals surface area contributed by atoms with E-state index >= 15 is 0 Å². The van der Waals surface area contributed by atoms with Crippen molar-refractivity contribution in [2.24, 2.45) is 21.7 Å². The van der Waals surface area contributed by atoms with Crippen LogP contribution in [0.15, 0.2) is 64.8 Å². The molecule has 4 N–H and O–H groups in total. The standard InChI is InChI=1S/C14H14N4/c15-14(16)18-17-10-11-5-4-8-13(9-11)12-6-2-1-3-7-12/h1-10H,(H4,15,16,18)/b17-10-. The summed E-state index contributed by atoms with van der Waals surface area (Å²) in [6.07, 6.45) is 1.62. The molecular formula is C14H14N4. The second kappa shape index (κ2) is 5.63. The maximum absolute atomic E-state index is 5.19. The lowest BCUT2D eigenvalue weighted by molar-refractivity contribution is 1.21. The summed E-state index contributed by atoms with van der Waals surface area (Å²) in [4.78, 5) is 0. The van der Waals surface area contributed by atoms with E-state index in [2.05, 4.69) is 22.3 Å². The van der Waals surface area contributed by atoms with E-state index in [1.54, 1.807) is 6.21 Å². The largest absolute Gasteiger partial charge is 0.369 e. The average Bonchev–Trinajstić information content (AvgIpc) is 2.40. The minimum atomic E-state index is -0.0505. The van der Waals surface area contributed by atoms with Crippen molar-refractivity contribution in [3.63, 3.8) is 0 Å². The van der Waals surface area contributed by atoms with E-state index in [0.717, 1.165) is 16.7 Å². The Bertz CT molecular complexity index is 569. The van der Waals surface area contributed by atoms with E-state index in [0.29, 0.717) is 0 Å². The van der Waals surface area contributed by atoms with Gasteiger partial charge in [0.25, 0.3) is 0 Å². The van der Waals surface area contributed by atoms with Crippen LogP contribution in [0.2, 0.25) is 0 Å². The fraction of sp³-hybridized carbons (Fsp3) is 0. The maximum atomic E-state index is 5.19. The van der Waals surface area contributed by atoms with Gasteiger partial charge in [0.15, 0.2) is 0 Å². The average molecular weight is 238 g/mol. The molecule has 2 aromatic carbocycles. The van der Waals surface area contributed by atoms with Gasteiger partial charge in [0.2, 0.25) is 5.96 Å². The third-order valence-electron chi connectivity index (χ3n) is 2.37. The number of guanidine groups is 1. The van der Waals surface area contributed by atoms with Gasteiger partial charge in [-0.15, -0.1) is 5.10 Å². The van der Waals surface area contributed by atoms with Crippen molar-refractivity contribution < 1.29 is 0 Å². The Labute approximate surface area is 106 Å². The summed E-state index contributed by atoms with van der Waals surface area (Å²) in [6.45, 7) is 0. The zero-order chi connectivity index (χ0) is 12.8. The fourth-order valence-corrected chi connectivity index (χ4v) is 1.59. The molecule has 0 bridgehead atoms. The van der Waals surface area contributed by atoms with E-state index in [4.69, 9.17) is 11.5 Å². The predicted molar refractivity (Wildman–Crippen MR) is 75.3 cm³/mol.